The lowest BCUT2D eigenvalue weighted by Gasteiger charge is -2.23. The fourth-order valence-corrected chi connectivity index (χ4v) is 3.17. The Bertz CT molecular complexity index is 820. The number of carbonyl (C=O) groups excluding carboxylic acids is 4. The molecule has 0 saturated carbocycles. The number of H-pyrrole nitrogens is 1. The van der Waals surface area contributed by atoms with Crippen molar-refractivity contribution in [2.24, 2.45) is 11.5 Å². The molecule has 4 unspecified atom stereocenters. The molecule has 14 heteroatoms. The van der Waals surface area contributed by atoms with Gasteiger partial charge in [-0.15, -0.1) is 0 Å². The highest BCUT2D eigenvalue weighted by Crippen LogP contribution is 2.04. The third-order valence-corrected chi connectivity index (χ3v) is 5.27. The molecule has 33 heavy (non-hydrogen) atoms. The van der Waals surface area contributed by atoms with Crippen molar-refractivity contribution < 1.29 is 29.1 Å². The van der Waals surface area contributed by atoms with Crippen LogP contribution in [-0.4, -0.2) is 80.8 Å². The number of carboxylic acid groups (broad SMARTS) is 1. The Morgan fingerprint density at radius 1 is 1.09 bits per heavy atom. The number of aromatic nitrogens is 2. The van der Waals surface area contributed by atoms with Crippen LogP contribution in [-0.2, 0) is 30.4 Å². The summed E-state index contributed by atoms with van der Waals surface area (Å²) >= 11 is 1.44. The lowest BCUT2D eigenvalue weighted by molar-refractivity contribution is -0.142. The summed E-state index contributed by atoms with van der Waals surface area (Å²) in [5, 5.41) is 16.6. The summed E-state index contributed by atoms with van der Waals surface area (Å²) in [7, 11) is 0. The monoisotopic (exact) mass is 485 g/mol. The Kier molecular flexibility index (Phi) is 11.9. The number of thioether (sulfide) groups is 1. The van der Waals surface area contributed by atoms with Gasteiger partial charge in [-0.3, -0.25) is 19.2 Å². The van der Waals surface area contributed by atoms with Crippen molar-refractivity contribution in [2.75, 3.05) is 12.0 Å². The first-order valence-electron chi connectivity index (χ1n) is 10.2. The summed E-state index contributed by atoms with van der Waals surface area (Å²) in [5.74, 6) is -3.28. The molecular weight excluding hydrogens is 454 g/mol. The maximum atomic E-state index is 12.8. The number of carbonyl (C=O) groups is 5. The minimum atomic E-state index is -1.18. The van der Waals surface area contributed by atoms with Gasteiger partial charge in [-0.05, 0) is 31.8 Å². The van der Waals surface area contributed by atoms with Gasteiger partial charge in [0.25, 0.3) is 0 Å². The van der Waals surface area contributed by atoms with Crippen molar-refractivity contribution in [2.45, 2.75) is 56.8 Å². The number of hydrogen-bond acceptors (Lipinski definition) is 8. The van der Waals surface area contributed by atoms with Crippen LogP contribution in [0, 0.1) is 0 Å². The summed E-state index contributed by atoms with van der Waals surface area (Å²) in [5.41, 5.74) is 11.4. The number of nitrogens with one attached hydrogen (secondary N) is 4. The normalized spacial score (nSPS) is 14.4. The number of nitrogens with zero attached hydrogens (tertiary/aromatic N) is 1. The van der Waals surface area contributed by atoms with Crippen molar-refractivity contribution in [1.29, 1.82) is 0 Å². The predicted octanol–water partition coefficient (Wildman–Crippen LogP) is -2.14. The number of nitrogens with two attached hydrogens (primary N) is 2. The molecule has 1 aromatic rings. The van der Waals surface area contributed by atoms with Crippen LogP contribution in [0.15, 0.2) is 12.5 Å². The van der Waals surface area contributed by atoms with E-state index in [0.717, 1.165) is 0 Å². The second kappa shape index (κ2) is 14.1. The first-order chi connectivity index (χ1) is 15.5. The van der Waals surface area contributed by atoms with E-state index in [1.54, 1.807) is 0 Å². The number of hydrogen-bond donors (Lipinski definition) is 7. The predicted molar refractivity (Wildman–Crippen MR) is 121 cm³/mol. The summed E-state index contributed by atoms with van der Waals surface area (Å²) in [6.45, 7) is 1.40. The zero-order valence-electron chi connectivity index (χ0n) is 18.5. The second-order valence-electron chi connectivity index (χ2n) is 7.36. The third-order valence-electron chi connectivity index (χ3n) is 4.63. The van der Waals surface area contributed by atoms with E-state index in [4.69, 9.17) is 11.5 Å². The van der Waals surface area contributed by atoms with Gasteiger partial charge >= 0.3 is 5.97 Å². The van der Waals surface area contributed by atoms with E-state index in [9.17, 15) is 29.1 Å². The molecule has 0 aliphatic rings. The molecule has 0 aliphatic heterocycles. The van der Waals surface area contributed by atoms with Crippen molar-refractivity contribution >= 4 is 41.4 Å². The van der Waals surface area contributed by atoms with Crippen molar-refractivity contribution in [1.82, 2.24) is 25.9 Å². The standard InChI is InChI=1S/C19H31N7O6S/c1-10(16(28)25-13(19(31)32)5-6-33-2)24-18(30)14(7-11-8-22-9-23-11)26-17(29)12(20)3-4-15(21)27/h8-10,12-14H,3-7,20H2,1-2H3,(H2,21,27)(H,22,23)(H,24,30)(H,25,28)(H,26,29)(H,31,32). The smallest absolute Gasteiger partial charge is 0.326 e. The lowest BCUT2D eigenvalue weighted by Crippen LogP contribution is -2.57. The van der Waals surface area contributed by atoms with Crippen molar-refractivity contribution in [3.05, 3.63) is 18.2 Å². The highest BCUT2D eigenvalue weighted by atomic mass is 32.2. The van der Waals surface area contributed by atoms with Crippen LogP contribution in [0.5, 0.6) is 0 Å². The summed E-state index contributed by atoms with van der Waals surface area (Å²) in [4.78, 5) is 66.6. The molecule has 0 aromatic carbocycles. The highest BCUT2D eigenvalue weighted by Gasteiger charge is 2.28. The molecular formula is C19H31N7O6S. The molecule has 0 aliphatic carbocycles. The number of amides is 4. The Labute approximate surface area is 195 Å². The lowest BCUT2D eigenvalue weighted by atomic mass is 10.1. The maximum absolute atomic E-state index is 12.8. The zero-order chi connectivity index (χ0) is 25.0. The van der Waals surface area contributed by atoms with Crippen molar-refractivity contribution in [3.8, 4) is 0 Å². The van der Waals surface area contributed by atoms with E-state index >= 15 is 0 Å². The quantitative estimate of drug-likeness (QED) is 0.144. The van der Waals surface area contributed by atoms with Gasteiger partial charge in [0.15, 0.2) is 0 Å². The van der Waals surface area contributed by atoms with Gasteiger partial charge in [0.1, 0.15) is 18.1 Å². The van der Waals surface area contributed by atoms with Gasteiger partial charge in [0, 0.05) is 24.7 Å². The Hall–Kier alpha value is -3.13. The molecule has 1 rings (SSSR count). The van der Waals surface area contributed by atoms with Gasteiger partial charge in [0.05, 0.1) is 12.4 Å². The average Bonchev–Trinajstić information content (AvgIpc) is 3.26. The maximum Gasteiger partial charge on any atom is 0.326 e. The second-order valence-corrected chi connectivity index (χ2v) is 8.35. The fourth-order valence-electron chi connectivity index (χ4n) is 2.70. The molecule has 0 saturated heterocycles. The van der Waals surface area contributed by atoms with E-state index in [0.29, 0.717) is 11.4 Å². The average molecular weight is 486 g/mol. The molecule has 0 bridgehead atoms. The van der Waals surface area contributed by atoms with Gasteiger partial charge in [-0.2, -0.15) is 11.8 Å². The Balaban J connectivity index is 2.81. The highest BCUT2D eigenvalue weighted by molar-refractivity contribution is 7.98. The summed E-state index contributed by atoms with van der Waals surface area (Å²) in [6, 6.07) is -4.34. The number of primary amides is 1. The number of rotatable bonds is 15. The van der Waals surface area contributed by atoms with Crippen LogP contribution in [0.25, 0.3) is 0 Å². The molecule has 4 atom stereocenters. The number of imidazole rings is 1. The minimum absolute atomic E-state index is 0.00495. The van der Waals surface area contributed by atoms with E-state index in [2.05, 4.69) is 25.9 Å². The fraction of sp³-hybridized carbons (Fsp3) is 0.579. The molecule has 1 heterocycles. The van der Waals surface area contributed by atoms with Gasteiger partial charge < -0.3 is 37.5 Å². The van der Waals surface area contributed by atoms with Crippen LogP contribution in [0.2, 0.25) is 0 Å². The van der Waals surface area contributed by atoms with Crippen LogP contribution in [0.4, 0.5) is 0 Å². The summed E-state index contributed by atoms with van der Waals surface area (Å²) in [6.07, 6.45) is 4.86. The van der Waals surface area contributed by atoms with Crippen LogP contribution in [0.3, 0.4) is 0 Å². The molecule has 0 spiro atoms. The van der Waals surface area contributed by atoms with Gasteiger partial charge in [-0.1, -0.05) is 0 Å². The SMILES string of the molecule is CSCCC(NC(=O)C(C)NC(=O)C(Cc1cnc[nH]1)NC(=O)C(N)CCC(N)=O)C(=O)O. The molecule has 0 fully saturated rings. The van der Waals surface area contributed by atoms with Gasteiger partial charge in [-0.25, -0.2) is 9.78 Å². The molecule has 184 valence electrons. The van der Waals surface area contributed by atoms with E-state index in [-0.39, 0.29) is 25.7 Å². The third kappa shape index (κ3) is 10.4. The number of aromatic amines is 1. The minimum Gasteiger partial charge on any atom is -0.480 e. The van der Waals surface area contributed by atoms with E-state index in [1.165, 1.54) is 31.2 Å². The number of carboxylic acids is 1. The Morgan fingerprint density at radius 2 is 1.76 bits per heavy atom. The largest absolute Gasteiger partial charge is 0.480 e. The van der Waals surface area contributed by atoms with Crippen molar-refractivity contribution in [3.63, 3.8) is 0 Å². The van der Waals surface area contributed by atoms with E-state index < -0.39 is 53.8 Å². The Morgan fingerprint density at radius 3 is 2.30 bits per heavy atom. The topological polar surface area (TPSA) is 222 Å². The van der Waals surface area contributed by atoms with Crippen LogP contribution in [0.1, 0.15) is 31.9 Å². The van der Waals surface area contributed by atoms with Gasteiger partial charge in [0.2, 0.25) is 23.6 Å². The van der Waals surface area contributed by atoms with E-state index in [1.807, 2.05) is 6.26 Å². The summed E-state index contributed by atoms with van der Waals surface area (Å²) < 4.78 is 0. The molecule has 0 radical (unpaired) electrons. The zero-order valence-corrected chi connectivity index (χ0v) is 19.3. The molecule has 1 aromatic heterocycles. The first-order valence-corrected chi connectivity index (χ1v) is 11.6. The van der Waals surface area contributed by atoms with Crippen LogP contribution < -0.4 is 27.4 Å². The molecule has 13 nitrogen and oxygen atoms in total. The molecule has 9 N–H and O–H groups in total. The first kappa shape index (κ1) is 27.9. The number of aliphatic carboxylic acids is 1. The molecule has 4 amide bonds. The van der Waals surface area contributed by atoms with Crippen LogP contribution >= 0.6 is 11.8 Å².